The zero-order valence-corrected chi connectivity index (χ0v) is 17.6. The van der Waals surface area contributed by atoms with Crippen LogP contribution in [-0.4, -0.2) is 58.5 Å². The predicted molar refractivity (Wildman–Crippen MR) is 115 cm³/mol. The third-order valence-corrected chi connectivity index (χ3v) is 6.54. The molecule has 2 aromatic heterocycles. The van der Waals surface area contributed by atoms with Crippen molar-refractivity contribution < 1.29 is 17.6 Å². The van der Waals surface area contributed by atoms with E-state index in [4.69, 9.17) is 0 Å². The Balaban J connectivity index is 1.28. The fourth-order valence-corrected chi connectivity index (χ4v) is 4.74. The van der Waals surface area contributed by atoms with E-state index in [1.54, 1.807) is 12.3 Å². The van der Waals surface area contributed by atoms with Crippen LogP contribution in [0.5, 0.6) is 0 Å². The Morgan fingerprint density at radius 1 is 1.00 bits per heavy atom. The molecule has 0 unspecified atom stereocenters. The predicted octanol–water partition coefficient (Wildman–Crippen LogP) is 4.85. The maximum atomic E-state index is 13.6. The van der Waals surface area contributed by atoms with Gasteiger partial charge in [-0.2, -0.15) is 0 Å². The largest absolute Gasteiger partial charge is 0.355 e. The number of benzene rings is 1. The summed E-state index contributed by atoms with van der Waals surface area (Å²) in [6.45, 7) is 3.39. The van der Waals surface area contributed by atoms with E-state index in [1.807, 2.05) is 0 Å². The van der Waals surface area contributed by atoms with Gasteiger partial charge in [-0.15, -0.1) is 0 Å². The summed E-state index contributed by atoms with van der Waals surface area (Å²) in [6, 6.07) is 5.12. The number of aromatic amines is 1. The van der Waals surface area contributed by atoms with Crippen molar-refractivity contribution in [1.82, 2.24) is 19.9 Å². The fraction of sp³-hybridized carbons (Fsp3) is 0.478. The molecule has 2 fully saturated rings. The summed E-state index contributed by atoms with van der Waals surface area (Å²) < 4.78 is 54.1. The van der Waals surface area contributed by atoms with Crippen molar-refractivity contribution in [3.8, 4) is 11.4 Å². The summed E-state index contributed by atoms with van der Waals surface area (Å²) in [6.07, 6.45) is 3.52. The highest BCUT2D eigenvalue weighted by atomic mass is 19.3. The number of hydrogen-bond donors (Lipinski definition) is 1. The molecule has 3 aromatic rings. The molecule has 1 N–H and O–H groups in total. The molecule has 2 aliphatic heterocycles. The summed E-state index contributed by atoms with van der Waals surface area (Å²) in [4.78, 5) is 16.6. The standard InChI is InChI=1S/C23H25F4N5/c24-17-11-16(12-18(25)13-17)21-29-19-1-6-28-22(20(19)30-21)32-7-2-15(3-8-32)14-31-9-4-23(26,27)5-10-31/h1,6,11-13,15H,2-5,7-10,14H2,(H,29,30). The fourth-order valence-electron chi connectivity index (χ4n) is 4.74. The van der Waals surface area contributed by atoms with Crippen LogP contribution in [0.15, 0.2) is 30.5 Å². The number of H-pyrrole nitrogens is 1. The first-order valence-electron chi connectivity index (χ1n) is 11.0. The Bertz CT molecular complexity index is 1080. The van der Waals surface area contributed by atoms with Gasteiger partial charge in [-0.25, -0.2) is 27.5 Å². The van der Waals surface area contributed by atoms with Gasteiger partial charge >= 0.3 is 0 Å². The number of halogens is 4. The Morgan fingerprint density at radius 2 is 1.69 bits per heavy atom. The van der Waals surface area contributed by atoms with E-state index in [0.717, 1.165) is 49.9 Å². The first kappa shape index (κ1) is 21.2. The Labute approximate surface area is 183 Å². The van der Waals surface area contributed by atoms with Gasteiger partial charge in [0.1, 0.15) is 23.0 Å². The van der Waals surface area contributed by atoms with E-state index in [-0.39, 0.29) is 12.8 Å². The van der Waals surface area contributed by atoms with Crippen molar-refractivity contribution in [2.24, 2.45) is 5.92 Å². The lowest BCUT2D eigenvalue weighted by molar-refractivity contribution is -0.0577. The summed E-state index contributed by atoms with van der Waals surface area (Å²) in [7, 11) is 0. The van der Waals surface area contributed by atoms with Crippen LogP contribution >= 0.6 is 0 Å². The van der Waals surface area contributed by atoms with Crippen molar-refractivity contribution in [3.05, 3.63) is 42.1 Å². The Kier molecular flexibility index (Phi) is 5.53. The number of fused-ring (bicyclic) bond motifs is 1. The van der Waals surface area contributed by atoms with E-state index < -0.39 is 17.6 Å². The first-order chi connectivity index (χ1) is 15.4. The number of aromatic nitrogens is 3. The summed E-state index contributed by atoms with van der Waals surface area (Å²) >= 11 is 0. The van der Waals surface area contributed by atoms with Crippen LogP contribution in [0.2, 0.25) is 0 Å². The highest BCUT2D eigenvalue weighted by molar-refractivity contribution is 5.88. The summed E-state index contributed by atoms with van der Waals surface area (Å²) in [5, 5.41) is 0. The number of alkyl halides is 2. The second kappa shape index (κ2) is 8.35. The van der Waals surface area contributed by atoms with Crippen LogP contribution in [0.4, 0.5) is 23.4 Å². The molecular formula is C23H25F4N5. The zero-order chi connectivity index (χ0) is 22.3. The molecule has 9 heteroatoms. The van der Waals surface area contributed by atoms with Gasteiger partial charge in [0.25, 0.3) is 5.92 Å². The number of imidazole rings is 1. The summed E-state index contributed by atoms with van der Waals surface area (Å²) in [5.74, 6) is -2.20. The first-order valence-corrected chi connectivity index (χ1v) is 11.0. The second-order valence-electron chi connectivity index (χ2n) is 8.86. The quantitative estimate of drug-likeness (QED) is 0.581. The minimum Gasteiger partial charge on any atom is -0.355 e. The van der Waals surface area contributed by atoms with Crippen molar-refractivity contribution in [3.63, 3.8) is 0 Å². The molecule has 0 amide bonds. The molecule has 2 saturated heterocycles. The topological polar surface area (TPSA) is 48.1 Å². The van der Waals surface area contributed by atoms with E-state index in [2.05, 4.69) is 24.8 Å². The molecule has 32 heavy (non-hydrogen) atoms. The molecule has 5 rings (SSSR count). The molecule has 5 nitrogen and oxygen atoms in total. The maximum absolute atomic E-state index is 13.6. The minimum absolute atomic E-state index is 0.0472. The van der Waals surface area contributed by atoms with Gasteiger partial charge in [0.05, 0.1) is 5.52 Å². The number of nitrogens with one attached hydrogen (secondary N) is 1. The van der Waals surface area contributed by atoms with E-state index in [1.165, 1.54) is 12.1 Å². The van der Waals surface area contributed by atoms with Crippen LogP contribution in [-0.2, 0) is 0 Å². The zero-order valence-electron chi connectivity index (χ0n) is 17.6. The second-order valence-corrected chi connectivity index (χ2v) is 8.86. The SMILES string of the molecule is Fc1cc(F)cc(-c2nc3c(N4CCC(CN5CCC(F)(F)CC5)CC4)nccc3[nH]2)c1. The monoisotopic (exact) mass is 447 g/mol. The third kappa shape index (κ3) is 4.44. The molecule has 0 bridgehead atoms. The van der Waals surface area contributed by atoms with Crippen LogP contribution in [0.1, 0.15) is 25.7 Å². The average molecular weight is 447 g/mol. The van der Waals surface area contributed by atoms with Gasteiger partial charge in [0.15, 0.2) is 5.82 Å². The molecule has 170 valence electrons. The lowest BCUT2D eigenvalue weighted by Gasteiger charge is -2.38. The Morgan fingerprint density at radius 3 is 2.38 bits per heavy atom. The minimum atomic E-state index is -2.51. The van der Waals surface area contributed by atoms with Gasteiger partial charge in [0.2, 0.25) is 0 Å². The molecule has 4 heterocycles. The van der Waals surface area contributed by atoms with Crippen molar-refractivity contribution in [2.45, 2.75) is 31.6 Å². The number of piperidine rings is 2. The summed E-state index contributed by atoms with van der Waals surface area (Å²) in [5.41, 5.74) is 1.77. The third-order valence-electron chi connectivity index (χ3n) is 6.54. The van der Waals surface area contributed by atoms with Gasteiger partial charge in [-0.05, 0) is 37.0 Å². The van der Waals surface area contributed by atoms with Crippen molar-refractivity contribution in [2.75, 3.05) is 37.6 Å². The van der Waals surface area contributed by atoms with Crippen molar-refractivity contribution >= 4 is 16.9 Å². The van der Waals surface area contributed by atoms with Gasteiger partial charge in [0, 0.05) is 63.4 Å². The van der Waals surface area contributed by atoms with E-state index in [0.29, 0.717) is 35.9 Å². The molecule has 0 aliphatic carbocycles. The van der Waals surface area contributed by atoms with Crippen LogP contribution in [0.25, 0.3) is 22.4 Å². The van der Waals surface area contributed by atoms with Crippen LogP contribution in [0, 0.1) is 17.6 Å². The van der Waals surface area contributed by atoms with Gasteiger partial charge < -0.3 is 14.8 Å². The molecule has 0 saturated carbocycles. The number of pyridine rings is 1. The number of rotatable bonds is 4. The molecule has 0 atom stereocenters. The lowest BCUT2D eigenvalue weighted by Crippen LogP contribution is -2.44. The normalized spacial score (nSPS) is 20.2. The highest BCUT2D eigenvalue weighted by Gasteiger charge is 2.35. The number of nitrogens with zero attached hydrogens (tertiary/aromatic N) is 4. The van der Waals surface area contributed by atoms with Gasteiger partial charge in [-0.3, -0.25) is 0 Å². The maximum Gasteiger partial charge on any atom is 0.250 e. The molecule has 0 radical (unpaired) electrons. The van der Waals surface area contributed by atoms with Crippen LogP contribution in [0.3, 0.4) is 0 Å². The van der Waals surface area contributed by atoms with E-state index >= 15 is 0 Å². The van der Waals surface area contributed by atoms with Crippen molar-refractivity contribution in [1.29, 1.82) is 0 Å². The van der Waals surface area contributed by atoms with Gasteiger partial charge in [-0.1, -0.05) is 0 Å². The number of likely N-dealkylation sites (tertiary alicyclic amines) is 1. The highest BCUT2D eigenvalue weighted by Crippen LogP contribution is 2.32. The molecule has 2 aliphatic rings. The average Bonchev–Trinajstić information content (AvgIpc) is 3.20. The Hall–Kier alpha value is -2.68. The molecular weight excluding hydrogens is 422 g/mol. The van der Waals surface area contributed by atoms with Crippen LogP contribution < -0.4 is 4.90 Å². The van der Waals surface area contributed by atoms with E-state index in [9.17, 15) is 17.6 Å². The molecule has 0 spiro atoms. The number of hydrogen-bond acceptors (Lipinski definition) is 4. The number of anilines is 1. The lowest BCUT2D eigenvalue weighted by atomic mass is 9.95. The molecule has 1 aromatic carbocycles. The smallest absolute Gasteiger partial charge is 0.250 e.